The number of aromatic amines is 1. The van der Waals surface area contributed by atoms with Gasteiger partial charge in [-0.2, -0.15) is 10.2 Å². The van der Waals surface area contributed by atoms with Crippen molar-refractivity contribution in [2.45, 2.75) is 13.1 Å². The van der Waals surface area contributed by atoms with Gasteiger partial charge in [0.1, 0.15) is 29.0 Å². The van der Waals surface area contributed by atoms with E-state index in [0.29, 0.717) is 27.9 Å². The minimum Gasteiger partial charge on any atom is -0.349 e. The summed E-state index contributed by atoms with van der Waals surface area (Å²) in [5.41, 5.74) is 2.20. The second-order valence-electron chi connectivity index (χ2n) is 7.84. The molecule has 1 amide bonds. The van der Waals surface area contributed by atoms with Crippen molar-refractivity contribution in [2.75, 3.05) is 6.54 Å². The number of nitrogens with one attached hydrogen (secondary N) is 2. The van der Waals surface area contributed by atoms with E-state index < -0.39 is 0 Å². The first-order chi connectivity index (χ1) is 17.0. The van der Waals surface area contributed by atoms with E-state index in [9.17, 15) is 18.4 Å². The lowest BCUT2D eigenvalue weighted by molar-refractivity contribution is 0.0947. The molecule has 0 aliphatic carbocycles. The van der Waals surface area contributed by atoms with Crippen LogP contribution in [0.4, 0.5) is 8.78 Å². The van der Waals surface area contributed by atoms with Gasteiger partial charge in [0.2, 0.25) is 0 Å². The van der Waals surface area contributed by atoms with Crippen molar-refractivity contribution in [3.63, 3.8) is 0 Å². The summed E-state index contributed by atoms with van der Waals surface area (Å²) >= 11 is 0. The van der Waals surface area contributed by atoms with Gasteiger partial charge in [0.25, 0.3) is 11.5 Å². The molecule has 0 radical (unpaired) electrons. The number of rotatable bonds is 7. The lowest BCUT2D eigenvalue weighted by Crippen LogP contribution is -2.28. The van der Waals surface area contributed by atoms with Gasteiger partial charge in [-0.3, -0.25) is 19.3 Å². The molecule has 0 aliphatic heterocycles. The van der Waals surface area contributed by atoms with Crippen molar-refractivity contribution < 1.29 is 13.6 Å². The van der Waals surface area contributed by atoms with Crippen LogP contribution in [0, 0.1) is 11.6 Å². The van der Waals surface area contributed by atoms with E-state index in [-0.39, 0.29) is 48.4 Å². The zero-order valence-electron chi connectivity index (χ0n) is 18.3. The van der Waals surface area contributed by atoms with Crippen LogP contribution in [0.3, 0.4) is 0 Å². The highest BCUT2D eigenvalue weighted by atomic mass is 19.1. The van der Waals surface area contributed by atoms with E-state index in [1.54, 1.807) is 30.3 Å². The summed E-state index contributed by atoms with van der Waals surface area (Å²) in [7, 11) is 0. The zero-order chi connectivity index (χ0) is 24.4. The third-order valence-electron chi connectivity index (χ3n) is 5.44. The molecule has 11 heteroatoms. The van der Waals surface area contributed by atoms with Gasteiger partial charge in [-0.05, 0) is 48.0 Å². The van der Waals surface area contributed by atoms with E-state index in [1.165, 1.54) is 46.0 Å². The number of benzene rings is 2. The second kappa shape index (κ2) is 9.29. The largest absolute Gasteiger partial charge is 0.349 e. The van der Waals surface area contributed by atoms with Crippen molar-refractivity contribution in [3.05, 3.63) is 100 Å². The Labute approximate surface area is 197 Å². The second-order valence-corrected chi connectivity index (χ2v) is 7.84. The van der Waals surface area contributed by atoms with Crippen LogP contribution in [0.25, 0.3) is 22.3 Å². The number of H-pyrrole nitrogens is 1. The Bertz CT molecular complexity index is 1570. The fourth-order valence-corrected chi connectivity index (χ4v) is 3.68. The van der Waals surface area contributed by atoms with E-state index in [1.807, 2.05) is 0 Å². The first-order valence-electron chi connectivity index (χ1n) is 10.7. The lowest BCUT2D eigenvalue weighted by Gasteiger charge is -2.07. The molecule has 9 nitrogen and oxygen atoms in total. The van der Waals surface area contributed by atoms with Gasteiger partial charge < -0.3 is 5.32 Å². The fourth-order valence-electron chi connectivity index (χ4n) is 3.68. The number of carbonyl (C=O) groups excluding carboxylic acids is 1. The molecule has 176 valence electrons. The Balaban J connectivity index is 1.23. The molecule has 3 heterocycles. The molecule has 0 unspecified atom stereocenters. The van der Waals surface area contributed by atoms with Gasteiger partial charge in [0.15, 0.2) is 5.65 Å². The fraction of sp³-hybridized carbons (Fsp3) is 0.125. The smallest absolute Gasteiger partial charge is 0.269 e. The summed E-state index contributed by atoms with van der Waals surface area (Å²) in [5, 5.41) is 14.1. The Morgan fingerprint density at radius 1 is 1.06 bits per heavy atom. The predicted octanol–water partition coefficient (Wildman–Crippen LogP) is 2.74. The Morgan fingerprint density at radius 2 is 1.89 bits per heavy atom. The van der Waals surface area contributed by atoms with Crippen molar-refractivity contribution in [1.29, 1.82) is 0 Å². The van der Waals surface area contributed by atoms with Crippen molar-refractivity contribution in [2.24, 2.45) is 0 Å². The molecule has 0 atom stereocenters. The van der Waals surface area contributed by atoms with Crippen molar-refractivity contribution >= 4 is 16.9 Å². The summed E-state index contributed by atoms with van der Waals surface area (Å²) < 4.78 is 29.5. The normalized spacial score (nSPS) is 11.1. The number of carbonyl (C=O) groups is 1. The number of nitrogens with zero attached hydrogens (tertiary/aromatic N) is 5. The summed E-state index contributed by atoms with van der Waals surface area (Å²) in [6.45, 7) is 0.702. The molecule has 3 aromatic heterocycles. The van der Waals surface area contributed by atoms with Crippen LogP contribution in [0.1, 0.15) is 16.1 Å². The zero-order valence-corrected chi connectivity index (χ0v) is 18.3. The molecular formula is C24H19F2N7O2. The molecule has 0 saturated heterocycles. The Morgan fingerprint density at radius 3 is 2.69 bits per heavy atom. The number of halogens is 2. The summed E-state index contributed by atoms with van der Waals surface area (Å²) in [6.07, 6.45) is 2.83. The third-order valence-corrected chi connectivity index (χ3v) is 5.44. The number of hydrogen-bond acceptors (Lipinski definition) is 5. The molecule has 0 bridgehead atoms. The van der Waals surface area contributed by atoms with Crippen LogP contribution in [0.15, 0.2) is 71.9 Å². The highest BCUT2D eigenvalue weighted by molar-refractivity contribution is 5.93. The predicted molar refractivity (Wildman–Crippen MR) is 124 cm³/mol. The van der Waals surface area contributed by atoms with E-state index in [2.05, 4.69) is 25.6 Å². The highest BCUT2D eigenvalue weighted by Gasteiger charge is 2.13. The lowest BCUT2D eigenvalue weighted by atomic mass is 10.1. The maximum Gasteiger partial charge on any atom is 0.269 e. The molecule has 2 aromatic carbocycles. The number of fused-ring (bicyclic) bond motifs is 1. The molecule has 0 fully saturated rings. The van der Waals surface area contributed by atoms with Crippen LogP contribution in [0.2, 0.25) is 0 Å². The first kappa shape index (κ1) is 22.1. The van der Waals surface area contributed by atoms with Gasteiger partial charge in [0, 0.05) is 12.1 Å². The average Bonchev–Trinajstić information content (AvgIpc) is 3.50. The van der Waals surface area contributed by atoms with Crippen LogP contribution < -0.4 is 10.9 Å². The van der Waals surface area contributed by atoms with Crippen LogP contribution in [-0.4, -0.2) is 42.0 Å². The molecule has 5 rings (SSSR count). The summed E-state index contributed by atoms with van der Waals surface area (Å²) in [5.74, 6) is -1.10. The highest BCUT2D eigenvalue weighted by Crippen LogP contribution is 2.18. The van der Waals surface area contributed by atoms with Crippen LogP contribution in [-0.2, 0) is 13.1 Å². The summed E-state index contributed by atoms with van der Waals surface area (Å²) in [6, 6.07) is 13.4. The minimum absolute atomic E-state index is 0.185. The SMILES string of the molecule is O=C(NCCn1ncc2c(=O)n(Cc3cccc(F)c3)cnc21)c1cc(-c2ccc(F)cc2)n[nH]1. The minimum atomic E-state index is -0.374. The van der Waals surface area contributed by atoms with E-state index in [4.69, 9.17) is 0 Å². The quantitative estimate of drug-likeness (QED) is 0.376. The van der Waals surface area contributed by atoms with Gasteiger partial charge in [0.05, 0.1) is 25.0 Å². The standard InChI is InChI=1S/C24H19F2N7O2/c25-17-6-4-16(5-7-17)20-11-21(31-30-20)23(34)27-8-9-33-22-19(12-29-33)24(35)32(14-28-22)13-15-2-1-3-18(26)10-15/h1-7,10-12,14H,8-9,13H2,(H,27,34)(H,30,31). The first-order valence-corrected chi connectivity index (χ1v) is 10.7. The van der Waals surface area contributed by atoms with E-state index in [0.717, 1.165) is 0 Å². The molecule has 2 N–H and O–H groups in total. The van der Waals surface area contributed by atoms with E-state index >= 15 is 0 Å². The van der Waals surface area contributed by atoms with Gasteiger partial charge in [-0.1, -0.05) is 12.1 Å². The number of hydrogen-bond donors (Lipinski definition) is 2. The molecule has 0 aliphatic rings. The third kappa shape index (κ3) is 4.69. The topological polar surface area (TPSA) is 110 Å². The van der Waals surface area contributed by atoms with Gasteiger partial charge >= 0.3 is 0 Å². The van der Waals surface area contributed by atoms with Crippen LogP contribution >= 0.6 is 0 Å². The van der Waals surface area contributed by atoms with Crippen molar-refractivity contribution in [3.8, 4) is 11.3 Å². The molecule has 35 heavy (non-hydrogen) atoms. The average molecular weight is 475 g/mol. The number of aromatic nitrogens is 6. The Hall–Kier alpha value is -4.67. The maximum atomic E-state index is 13.4. The van der Waals surface area contributed by atoms with Crippen LogP contribution in [0.5, 0.6) is 0 Å². The molecule has 0 saturated carbocycles. The Kier molecular flexibility index (Phi) is 5.88. The maximum absolute atomic E-state index is 13.4. The molecule has 0 spiro atoms. The van der Waals surface area contributed by atoms with Crippen molar-refractivity contribution in [1.82, 2.24) is 34.8 Å². The van der Waals surface area contributed by atoms with Gasteiger partial charge in [-0.15, -0.1) is 0 Å². The molecule has 5 aromatic rings. The monoisotopic (exact) mass is 475 g/mol. The molecular weight excluding hydrogens is 456 g/mol. The van der Waals surface area contributed by atoms with Gasteiger partial charge in [-0.25, -0.2) is 18.4 Å². The number of amides is 1. The summed E-state index contributed by atoms with van der Waals surface area (Å²) in [4.78, 5) is 29.6.